The Morgan fingerprint density at radius 2 is 1.66 bits per heavy atom. The summed E-state index contributed by atoms with van der Waals surface area (Å²) in [6, 6.07) is 12.8. The second kappa shape index (κ2) is 9.45. The van der Waals surface area contributed by atoms with E-state index in [1.54, 1.807) is 32.4 Å². The molecule has 0 saturated heterocycles. The van der Waals surface area contributed by atoms with E-state index in [0.717, 1.165) is 16.9 Å². The monoisotopic (exact) mass is 428 g/mol. The average Bonchev–Trinajstić information content (AvgIpc) is 2.75. The summed E-state index contributed by atoms with van der Waals surface area (Å²) in [5, 5.41) is 3.25. The molecule has 2 aromatic carbocycles. The van der Waals surface area contributed by atoms with E-state index in [-0.39, 0.29) is 16.0 Å². The van der Waals surface area contributed by atoms with Crippen LogP contribution >= 0.6 is 23.2 Å². The maximum absolute atomic E-state index is 12.7. The van der Waals surface area contributed by atoms with Gasteiger partial charge in [-0.25, -0.2) is 0 Å². The summed E-state index contributed by atoms with van der Waals surface area (Å²) in [5.41, 5.74) is 2.49. The van der Waals surface area contributed by atoms with Gasteiger partial charge in [0.2, 0.25) is 0 Å². The largest absolute Gasteiger partial charge is 0.497 e. The van der Waals surface area contributed by atoms with Gasteiger partial charge in [-0.15, -0.1) is 0 Å². The number of carbonyl (C=O) groups is 1. The van der Waals surface area contributed by atoms with E-state index in [1.165, 1.54) is 12.4 Å². The minimum Gasteiger partial charge on any atom is -0.497 e. The first-order valence-corrected chi connectivity index (χ1v) is 9.38. The van der Waals surface area contributed by atoms with Crippen molar-refractivity contribution in [3.63, 3.8) is 0 Å². The summed E-state index contributed by atoms with van der Waals surface area (Å²) in [7, 11) is 3.20. The van der Waals surface area contributed by atoms with Crippen molar-refractivity contribution in [1.29, 1.82) is 0 Å². The highest BCUT2D eigenvalue weighted by molar-refractivity contribution is 6.39. The highest BCUT2D eigenvalue weighted by Crippen LogP contribution is 2.30. The SMILES string of the molecule is COc1ccc(/C=C/c2cc(C(=O)Nc3c(Cl)cncc3Cl)ccc2OC)cc1. The molecule has 1 aromatic heterocycles. The van der Waals surface area contributed by atoms with Gasteiger partial charge in [-0.2, -0.15) is 0 Å². The van der Waals surface area contributed by atoms with Gasteiger partial charge in [-0.3, -0.25) is 9.78 Å². The molecule has 0 saturated carbocycles. The average molecular weight is 429 g/mol. The number of amides is 1. The van der Waals surface area contributed by atoms with Crippen LogP contribution in [0.2, 0.25) is 10.0 Å². The Hall–Kier alpha value is -3.02. The molecule has 1 heterocycles. The lowest BCUT2D eigenvalue weighted by Crippen LogP contribution is -2.13. The van der Waals surface area contributed by atoms with Crippen molar-refractivity contribution >= 4 is 46.9 Å². The lowest BCUT2D eigenvalue weighted by molar-refractivity contribution is 0.102. The Bertz CT molecular complexity index is 1030. The fourth-order valence-corrected chi connectivity index (χ4v) is 3.08. The zero-order valence-corrected chi connectivity index (χ0v) is 17.3. The first-order valence-electron chi connectivity index (χ1n) is 8.62. The Balaban J connectivity index is 1.86. The van der Waals surface area contributed by atoms with Crippen LogP contribution in [0.5, 0.6) is 11.5 Å². The Labute approximate surface area is 178 Å². The Morgan fingerprint density at radius 3 is 2.28 bits per heavy atom. The summed E-state index contributed by atoms with van der Waals surface area (Å²) in [5.74, 6) is 1.08. The molecule has 148 valence electrons. The van der Waals surface area contributed by atoms with Crippen LogP contribution in [0, 0.1) is 0 Å². The highest BCUT2D eigenvalue weighted by atomic mass is 35.5. The van der Waals surface area contributed by atoms with E-state index in [2.05, 4.69) is 10.3 Å². The topological polar surface area (TPSA) is 60.5 Å². The number of hydrogen-bond acceptors (Lipinski definition) is 4. The first-order chi connectivity index (χ1) is 14.0. The molecule has 3 aromatic rings. The first kappa shape index (κ1) is 20.7. The van der Waals surface area contributed by atoms with Crippen molar-refractivity contribution in [2.45, 2.75) is 0 Å². The van der Waals surface area contributed by atoms with Crippen molar-refractivity contribution in [2.75, 3.05) is 19.5 Å². The number of nitrogens with one attached hydrogen (secondary N) is 1. The van der Waals surface area contributed by atoms with Gasteiger partial charge in [0.05, 0.1) is 30.0 Å². The number of halogens is 2. The van der Waals surface area contributed by atoms with Crippen molar-refractivity contribution in [3.8, 4) is 11.5 Å². The van der Waals surface area contributed by atoms with Crippen LogP contribution < -0.4 is 14.8 Å². The predicted molar refractivity (Wildman–Crippen MR) is 117 cm³/mol. The predicted octanol–water partition coefficient (Wildman–Crippen LogP) is 5.83. The molecule has 0 atom stereocenters. The number of ether oxygens (including phenoxy) is 2. The number of rotatable bonds is 6. The van der Waals surface area contributed by atoms with Crippen LogP contribution in [0.1, 0.15) is 21.5 Å². The van der Waals surface area contributed by atoms with Crippen LogP contribution in [0.25, 0.3) is 12.2 Å². The number of nitrogens with zero attached hydrogens (tertiary/aromatic N) is 1. The van der Waals surface area contributed by atoms with E-state index >= 15 is 0 Å². The fraction of sp³-hybridized carbons (Fsp3) is 0.0909. The van der Waals surface area contributed by atoms with Crippen molar-refractivity contribution in [1.82, 2.24) is 4.98 Å². The lowest BCUT2D eigenvalue weighted by atomic mass is 10.1. The molecule has 0 fully saturated rings. The zero-order valence-electron chi connectivity index (χ0n) is 15.8. The maximum Gasteiger partial charge on any atom is 0.255 e. The number of anilines is 1. The minimum atomic E-state index is -0.346. The van der Waals surface area contributed by atoms with Crippen LogP contribution in [-0.4, -0.2) is 25.1 Å². The summed E-state index contributed by atoms with van der Waals surface area (Å²) >= 11 is 12.2. The highest BCUT2D eigenvalue weighted by Gasteiger charge is 2.13. The van der Waals surface area contributed by atoms with Gasteiger partial charge in [0.15, 0.2) is 0 Å². The van der Waals surface area contributed by atoms with Gasteiger partial charge in [0.1, 0.15) is 11.5 Å². The molecule has 7 heteroatoms. The third-order valence-electron chi connectivity index (χ3n) is 4.15. The number of hydrogen-bond donors (Lipinski definition) is 1. The van der Waals surface area contributed by atoms with Crippen LogP contribution in [0.4, 0.5) is 5.69 Å². The quantitative estimate of drug-likeness (QED) is 0.501. The molecule has 0 bridgehead atoms. The number of benzene rings is 2. The van der Waals surface area contributed by atoms with Gasteiger partial charge in [0.25, 0.3) is 5.91 Å². The van der Waals surface area contributed by atoms with E-state index in [4.69, 9.17) is 32.7 Å². The number of pyridine rings is 1. The Morgan fingerprint density at radius 1 is 0.966 bits per heavy atom. The van der Waals surface area contributed by atoms with Gasteiger partial charge in [0, 0.05) is 23.5 Å². The second-order valence-corrected chi connectivity index (χ2v) is 6.81. The van der Waals surface area contributed by atoms with Crippen LogP contribution in [0.15, 0.2) is 54.9 Å². The van der Waals surface area contributed by atoms with Gasteiger partial charge < -0.3 is 14.8 Å². The second-order valence-electron chi connectivity index (χ2n) is 6.00. The van der Waals surface area contributed by atoms with Crippen LogP contribution in [0.3, 0.4) is 0 Å². The van der Waals surface area contributed by atoms with Gasteiger partial charge in [-0.05, 0) is 35.9 Å². The molecule has 1 N–H and O–H groups in total. The molecule has 0 aliphatic carbocycles. The summed E-state index contributed by atoms with van der Waals surface area (Å²) in [6.45, 7) is 0. The normalized spacial score (nSPS) is 10.8. The van der Waals surface area contributed by atoms with Crippen molar-refractivity contribution in [2.24, 2.45) is 0 Å². The molecule has 0 aliphatic rings. The van der Waals surface area contributed by atoms with Gasteiger partial charge >= 0.3 is 0 Å². The number of methoxy groups -OCH3 is 2. The smallest absolute Gasteiger partial charge is 0.255 e. The fourth-order valence-electron chi connectivity index (χ4n) is 2.62. The standard InChI is InChI=1S/C22H18Cl2N2O3/c1-28-17-8-4-14(5-9-17)3-6-15-11-16(7-10-20(15)29-2)22(27)26-21-18(23)12-25-13-19(21)24/h3-13H,1-2H3,(H,25,26,27)/b6-3+. The summed E-state index contributed by atoms with van der Waals surface area (Å²) in [4.78, 5) is 16.6. The summed E-state index contributed by atoms with van der Waals surface area (Å²) in [6.07, 6.45) is 6.64. The van der Waals surface area contributed by atoms with E-state index in [9.17, 15) is 4.79 Å². The van der Waals surface area contributed by atoms with Crippen molar-refractivity contribution < 1.29 is 14.3 Å². The third-order valence-corrected chi connectivity index (χ3v) is 4.73. The van der Waals surface area contributed by atoms with E-state index < -0.39 is 0 Å². The zero-order chi connectivity index (χ0) is 20.8. The van der Waals surface area contributed by atoms with Gasteiger partial charge in [-0.1, -0.05) is 47.5 Å². The maximum atomic E-state index is 12.7. The van der Waals surface area contributed by atoms with E-state index in [0.29, 0.717) is 17.0 Å². The van der Waals surface area contributed by atoms with Crippen LogP contribution in [-0.2, 0) is 0 Å². The molecule has 0 spiro atoms. The minimum absolute atomic E-state index is 0.263. The molecule has 5 nitrogen and oxygen atoms in total. The molecule has 1 amide bonds. The molecule has 0 aliphatic heterocycles. The number of aromatic nitrogens is 1. The summed E-state index contributed by atoms with van der Waals surface area (Å²) < 4.78 is 10.6. The molecule has 0 unspecified atom stereocenters. The number of carbonyl (C=O) groups excluding carboxylic acids is 1. The molecular weight excluding hydrogens is 411 g/mol. The molecule has 29 heavy (non-hydrogen) atoms. The molecule has 0 radical (unpaired) electrons. The molecular formula is C22H18Cl2N2O3. The van der Waals surface area contributed by atoms with Crippen molar-refractivity contribution in [3.05, 3.63) is 81.6 Å². The molecule has 3 rings (SSSR count). The Kier molecular flexibility index (Phi) is 6.75. The lowest BCUT2D eigenvalue weighted by Gasteiger charge is -2.11. The third kappa shape index (κ3) is 5.08. The van der Waals surface area contributed by atoms with E-state index in [1.807, 2.05) is 36.4 Å².